The Morgan fingerprint density at radius 1 is 0.853 bits per heavy atom. The molecule has 180 valence electrons. The first kappa shape index (κ1) is 24.2. The summed E-state index contributed by atoms with van der Waals surface area (Å²) in [5.41, 5.74) is 5.06. The van der Waals surface area contributed by atoms with Gasteiger partial charge in [0.15, 0.2) is 0 Å². The number of nitrogens with zero attached hydrogens (tertiary/aromatic N) is 3. The van der Waals surface area contributed by atoms with Gasteiger partial charge in [-0.15, -0.1) is 0 Å². The van der Waals surface area contributed by atoms with Gasteiger partial charge in [0.2, 0.25) is 10.0 Å². The Morgan fingerprint density at radius 2 is 1.41 bits per heavy atom. The fourth-order valence-corrected chi connectivity index (χ4v) is 5.92. The van der Waals surface area contributed by atoms with Crippen LogP contribution in [0.2, 0.25) is 0 Å². The molecule has 1 aliphatic rings. The van der Waals surface area contributed by atoms with Crippen molar-refractivity contribution >= 4 is 15.9 Å². The molecule has 4 rings (SSSR count). The number of aromatic nitrogens is 1. The second kappa shape index (κ2) is 9.76. The standard InChI is InChI=1S/C27H33N3O3S/c1-5-20(2)23-10-14-26(15-11-23)34(32,33)29-18-16-28(17-19-29)27(31)24-8-12-25(13-9-24)30-21(3)6-7-22(30)4/h6-15,20H,5,16-19H2,1-4H3/t20-/m1/s1. The second-order valence-corrected chi connectivity index (χ2v) is 11.0. The van der Waals surface area contributed by atoms with Gasteiger partial charge in [-0.1, -0.05) is 26.0 Å². The predicted molar refractivity (Wildman–Crippen MR) is 135 cm³/mol. The van der Waals surface area contributed by atoms with Crippen molar-refractivity contribution in [1.29, 1.82) is 0 Å². The average molecular weight is 480 g/mol. The Hall–Kier alpha value is -2.90. The second-order valence-electron chi connectivity index (χ2n) is 9.07. The van der Waals surface area contributed by atoms with E-state index in [1.807, 2.05) is 36.4 Å². The minimum absolute atomic E-state index is 0.0672. The number of piperazine rings is 1. The highest BCUT2D eigenvalue weighted by Gasteiger charge is 2.30. The van der Waals surface area contributed by atoms with Crippen LogP contribution in [0.15, 0.2) is 65.6 Å². The maximum Gasteiger partial charge on any atom is 0.253 e. The van der Waals surface area contributed by atoms with Crippen LogP contribution < -0.4 is 0 Å². The molecule has 34 heavy (non-hydrogen) atoms. The van der Waals surface area contributed by atoms with Crippen molar-refractivity contribution < 1.29 is 13.2 Å². The summed E-state index contributed by atoms with van der Waals surface area (Å²) in [6, 6.07) is 19.0. The number of carbonyl (C=O) groups excluding carboxylic acids is 1. The Morgan fingerprint density at radius 3 is 1.94 bits per heavy atom. The summed E-state index contributed by atoms with van der Waals surface area (Å²) in [5, 5.41) is 0. The Labute approximate surface area is 202 Å². The smallest absolute Gasteiger partial charge is 0.253 e. The molecular weight excluding hydrogens is 446 g/mol. The van der Waals surface area contributed by atoms with E-state index in [0.717, 1.165) is 29.1 Å². The first-order chi connectivity index (χ1) is 16.2. The molecule has 0 bridgehead atoms. The quantitative estimate of drug-likeness (QED) is 0.512. The highest BCUT2D eigenvalue weighted by molar-refractivity contribution is 7.89. The number of hydrogen-bond acceptors (Lipinski definition) is 3. The van der Waals surface area contributed by atoms with Crippen LogP contribution >= 0.6 is 0 Å². The molecule has 1 saturated heterocycles. The monoisotopic (exact) mass is 479 g/mol. The molecule has 1 fully saturated rings. The largest absolute Gasteiger partial charge is 0.336 e. The zero-order valence-corrected chi connectivity index (χ0v) is 21.2. The van der Waals surface area contributed by atoms with Crippen LogP contribution in [-0.4, -0.2) is 54.3 Å². The van der Waals surface area contributed by atoms with Gasteiger partial charge in [-0.3, -0.25) is 4.79 Å². The number of rotatable bonds is 6. The number of carbonyl (C=O) groups is 1. The van der Waals surface area contributed by atoms with Gasteiger partial charge in [-0.05, 0) is 80.3 Å². The number of amides is 1. The number of benzene rings is 2. The Bertz CT molecular complexity index is 1230. The van der Waals surface area contributed by atoms with Crippen molar-refractivity contribution in [1.82, 2.24) is 13.8 Å². The van der Waals surface area contributed by atoms with Crippen molar-refractivity contribution in [2.75, 3.05) is 26.2 Å². The first-order valence-electron chi connectivity index (χ1n) is 11.9. The molecule has 1 atom stereocenters. The number of hydrogen-bond donors (Lipinski definition) is 0. The van der Waals surface area contributed by atoms with E-state index in [1.54, 1.807) is 17.0 Å². The van der Waals surface area contributed by atoms with Gasteiger partial charge in [0, 0.05) is 48.8 Å². The van der Waals surface area contributed by atoms with E-state index in [4.69, 9.17) is 0 Å². The molecule has 3 aromatic rings. The van der Waals surface area contributed by atoms with Gasteiger partial charge in [0.05, 0.1) is 4.90 Å². The summed E-state index contributed by atoms with van der Waals surface area (Å²) in [6.45, 7) is 9.70. The van der Waals surface area contributed by atoms with Crippen LogP contribution in [0.3, 0.4) is 0 Å². The van der Waals surface area contributed by atoms with E-state index < -0.39 is 10.0 Å². The molecule has 0 unspecified atom stereocenters. The maximum atomic E-state index is 13.1. The lowest BCUT2D eigenvalue weighted by molar-refractivity contribution is 0.0698. The maximum absolute atomic E-state index is 13.1. The van der Waals surface area contributed by atoms with Crippen molar-refractivity contribution in [3.05, 3.63) is 83.2 Å². The van der Waals surface area contributed by atoms with Gasteiger partial charge in [0.25, 0.3) is 5.91 Å². The minimum atomic E-state index is -3.57. The Balaban J connectivity index is 1.41. The molecule has 6 nitrogen and oxygen atoms in total. The third-order valence-corrected chi connectivity index (χ3v) is 8.78. The van der Waals surface area contributed by atoms with Gasteiger partial charge < -0.3 is 9.47 Å². The van der Waals surface area contributed by atoms with Crippen LogP contribution in [0.5, 0.6) is 0 Å². The summed E-state index contributed by atoms with van der Waals surface area (Å²) >= 11 is 0. The molecular formula is C27H33N3O3S. The molecule has 0 radical (unpaired) electrons. The van der Waals surface area contributed by atoms with Crippen LogP contribution in [0, 0.1) is 13.8 Å². The van der Waals surface area contributed by atoms with E-state index in [2.05, 4.69) is 44.4 Å². The van der Waals surface area contributed by atoms with E-state index in [1.165, 1.54) is 4.31 Å². The molecule has 2 aromatic carbocycles. The zero-order chi connectivity index (χ0) is 24.5. The Kier molecular flexibility index (Phi) is 6.96. The average Bonchev–Trinajstić information content (AvgIpc) is 3.21. The zero-order valence-electron chi connectivity index (χ0n) is 20.4. The lowest BCUT2D eigenvalue weighted by Crippen LogP contribution is -2.50. The molecule has 1 amide bonds. The van der Waals surface area contributed by atoms with Gasteiger partial charge in [0.1, 0.15) is 0 Å². The van der Waals surface area contributed by atoms with E-state index in [-0.39, 0.29) is 5.91 Å². The minimum Gasteiger partial charge on any atom is -0.336 e. The lowest BCUT2D eigenvalue weighted by Gasteiger charge is -2.34. The topological polar surface area (TPSA) is 62.6 Å². The van der Waals surface area contributed by atoms with E-state index >= 15 is 0 Å². The van der Waals surface area contributed by atoms with Crippen molar-refractivity contribution in [2.24, 2.45) is 0 Å². The highest BCUT2D eigenvalue weighted by atomic mass is 32.2. The van der Waals surface area contributed by atoms with Crippen molar-refractivity contribution in [3.63, 3.8) is 0 Å². The molecule has 7 heteroatoms. The third-order valence-electron chi connectivity index (χ3n) is 6.87. The fourth-order valence-electron chi connectivity index (χ4n) is 4.50. The molecule has 0 aliphatic carbocycles. The number of aryl methyl sites for hydroxylation is 2. The molecule has 0 spiro atoms. The van der Waals surface area contributed by atoms with Crippen LogP contribution in [0.1, 0.15) is 53.5 Å². The SMILES string of the molecule is CC[C@@H](C)c1ccc(S(=O)(=O)N2CCN(C(=O)c3ccc(-n4c(C)ccc4C)cc3)CC2)cc1. The molecule has 2 heterocycles. The van der Waals surface area contributed by atoms with Gasteiger partial charge in [-0.2, -0.15) is 4.31 Å². The summed E-state index contributed by atoms with van der Waals surface area (Å²) in [6.07, 6.45) is 1.01. The normalized spacial score (nSPS) is 15.9. The van der Waals surface area contributed by atoms with Gasteiger partial charge in [-0.25, -0.2) is 8.42 Å². The highest BCUT2D eigenvalue weighted by Crippen LogP contribution is 2.24. The summed E-state index contributed by atoms with van der Waals surface area (Å²) in [7, 11) is -3.57. The molecule has 0 N–H and O–H groups in total. The summed E-state index contributed by atoms with van der Waals surface area (Å²) in [4.78, 5) is 15.1. The summed E-state index contributed by atoms with van der Waals surface area (Å²) < 4.78 is 29.8. The molecule has 1 aliphatic heterocycles. The van der Waals surface area contributed by atoms with E-state index in [0.29, 0.717) is 42.6 Å². The van der Waals surface area contributed by atoms with E-state index in [9.17, 15) is 13.2 Å². The van der Waals surface area contributed by atoms with Crippen molar-refractivity contribution in [3.8, 4) is 5.69 Å². The van der Waals surface area contributed by atoms with Crippen molar-refractivity contribution in [2.45, 2.75) is 44.9 Å². The van der Waals surface area contributed by atoms with Crippen LogP contribution in [0.25, 0.3) is 5.69 Å². The third kappa shape index (κ3) is 4.68. The lowest BCUT2D eigenvalue weighted by atomic mass is 9.99. The number of sulfonamides is 1. The van der Waals surface area contributed by atoms with Crippen LogP contribution in [-0.2, 0) is 10.0 Å². The van der Waals surface area contributed by atoms with Gasteiger partial charge >= 0.3 is 0 Å². The fraction of sp³-hybridized carbons (Fsp3) is 0.370. The molecule has 0 saturated carbocycles. The molecule has 1 aromatic heterocycles. The van der Waals surface area contributed by atoms with Crippen LogP contribution in [0.4, 0.5) is 0 Å². The summed E-state index contributed by atoms with van der Waals surface area (Å²) in [5.74, 6) is 0.333. The predicted octanol–water partition coefficient (Wildman–Crippen LogP) is 4.75. The first-order valence-corrected chi connectivity index (χ1v) is 13.3.